The van der Waals surface area contributed by atoms with Crippen LogP contribution in [-0.2, 0) is 11.2 Å². The van der Waals surface area contributed by atoms with E-state index in [2.05, 4.69) is 22.1 Å². The number of hydrogen-bond acceptors (Lipinski definition) is 2. The molecule has 5 nitrogen and oxygen atoms in total. The zero-order valence-electron chi connectivity index (χ0n) is 15.7. The van der Waals surface area contributed by atoms with Gasteiger partial charge < -0.3 is 19.9 Å². The van der Waals surface area contributed by atoms with Crippen LogP contribution in [0.1, 0.15) is 25.3 Å². The molecule has 1 aliphatic rings. The number of benzene rings is 1. The summed E-state index contributed by atoms with van der Waals surface area (Å²) in [6.07, 6.45) is 5.35. The van der Waals surface area contributed by atoms with Crippen molar-refractivity contribution in [1.82, 2.24) is 15.2 Å². The van der Waals surface area contributed by atoms with Gasteiger partial charge in [-0.25, -0.2) is 4.39 Å². The zero-order chi connectivity index (χ0) is 18.4. The lowest BCUT2D eigenvalue weighted by molar-refractivity contribution is 0.115. The van der Waals surface area contributed by atoms with E-state index in [0.29, 0.717) is 6.54 Å². The number of hydrogen-bond donors (Lipinski definition) is 2. The minimum Gasteiger partial charge on any atom is -0.379 e. The largest absolute Gasteiger partial charge is 0.379 e. The highest BCUT2D eigenvalue weighted by atomic mass is 19.1. The van der Waals surface area contributed by atoms with Gasteiger partial charge in [-0.3, -0.25) is 4.99 Å². The van der Waals surface area contributed by atoms with Crippen molar-refractivity contribution < 1.29 is 9.13 Å². The number of likely N-dealkylation sites (N-methyl/N-ethyl adjacent to an activating group) is 1. The van der Waals surface area contributed by atoms with Gasteiger partial charge >= 0.3 is 0 Å². The number of aliphatic imine (C=N–C) groups is 1. The fourth-order valence-corrected chi connectivity index (χ4v) is 2.95. The molecule has 0 spiro atoms. The lowest BCUT2D eigenvalue weighted by atomic mass is 10.1. The fraction of sp³-hybridized carbons (Fsp3) is 0.550. The number of rotatable bonds is 9. The van der Waals surface area contributed by atoms with E-state index in [9.17, 15) is 4.39 Å². The Morgan fingerprint density at radius 2 is 2.27 bits per heavy atom. The van der Waals surface area contributed by atoms with E-state index in [1.807, 2.05) is 13.2 Å². The Hall–Kier alpha value is -2.08. The van der Waals surface area contributed by atoms with Crippen molar-refractivity contribution in [3.8, 4) is 0 Å². The van der Waals surface area contributed by atoms with Crippen LogP contribution >= 0.6 is 0 Å². The van der Waals surface area contributed by atoms with Crippen LogP contribution in [-0.4, -0.2) is 55.7 Å². The Morgan fingerprint density at radius 1 is 1.42 bits per heavy atom. The van der Waals surface area contributed by atoms with Crippen molar-refractivity contribution in [3.05, 3.63) is 35.8 Å². The van der Waals surface area contributed by atoms with E-state index in [0.717, 1.165) is 61.1 Å². The maximum atomic E-state index is 13.5. The first-order valence-electron chi connectivity index (χ1n) is 9.50. The van der Waals surface area contributed by atoms with Crippen molar-refractivity contribution in [2.45, 2.75) is 26.2 Å². The van der Waals surface area contributed by atoms with Gasteiger partial charge in [0.05, 0.1) is 6.61 Å². The fourth-order valence-electron chi connectivity index (χ4n) is 2.95. The zero-order valence-corrected chi connectivity index (χ0v) is 15.7. The number of ether oxygens (including phenoxy) is 1. The molecule has 2 N–H and O–H groups in total. The molecule has 3 rings (SSSR count). The van der Waals surface area contributed by atoms with E-state index < -0.39 is 0 Å². The normalized spacial score (nSPS) is 14.8. The first kappa shape index (κ1) is 18.7. The van der Waals surface area contributed by atoms with Gasteiger partial charge in [0.15, 0.2) is 5.96 Å². The molecule has 1 aliphatic carbocycles. The van der Waals surface area contributed by atoms with Crippen molar-refractivity contribution in [1.29, 1.82) is 0 Å². The van der Waals surface area contributed by atoms with E-state index in [-0.39, 0.29) is 5.82 Å². The molecule has 1 fully saturated rings. The van der Waals surface area contributed by atoms with E-state index in [1.54, 1.807) is 12.1 Å². The Bertz CT molecular complexity index is 738. The number of nitrogens with one attached hydrogen (secondary N) is 2. The highest BCUT2D eigenvalue weighted by Crippen LogP contribution is 2.28. The quantitative estimate of drug-likeness (QED) is 0.410. The molecule has 0 bridgehead atoms. The highest BCUT2D eigenvalue weighted by molar-refractivity contribution is 5.83. The Labute approximate surface area is 154 Å². The summed E-state index contributed by atoms with van der Waals surface area (Å²) in [5, 5.41) is 4.26. The number of fused-ring (bicyclic) bond motifs is 1. The van der Waals surface area contributed by atoms with Gasteiger partial charge in [0.2, 0.25) is 0 Å². The predicted octanol–water partition coefficient (Wildman–Crippen LogP) is 3.17. The Morgan fingerprint density at radius 3 is 3.04 bits per heavy atom. The lowest BCUT2D eigenvalue weighted by Gasteiger charge is -2.22. The van der Waals surface area contributed by atoms with Crippen LogP contribution in [0.25, 0.3) is 10.9 Å². The molecular weight excluding hydrogens is 331 g/mol. The molecule has 0 atom stereocenters. The van der Waals surface area contributed by atoms with Crippen molar-refractivity contribution >= 4 is 16.9 Å². The maximum absolute atomic E-state index is 13.5. The number of H-pyrrole nitrogens is 1. The third-order valence-electron chi connectivity index (χ3n) is 4.69. The van der Waals surface area contributed by atoms with Crippen LogP contribution in [0.15, 0.2) is 29.4 Å². The Balaban J connectivity index is 1.52. The molecule has 1 saturated carbocycles. The number of halogens is 1. The van der Waals surface area contributed by atoms with E-state index >= 15 is 0 Å². The second kappa shape index (κ2) is 9.03. The molecule has 1 aromatic carbocycles. The number of aromatic amines is 1. The van der Waals surface area contributed by atoms with Gasteiger partial charge in [0, 0.05) is 50.4 Å². The molecule has 6 heteroatoms. The molecular formula is C20H29FN4O. The summed E-state index contributed by atoms with van der Waals surface area (Å²) in [6.45, 7) is 5.97. The summed E-state index contributed by atoms with van der Waals surface area (Å²) < 4.78 is 19.2. The SMILES string of the molecule is CCNC(=NCCc1c[nH]c2ccc(F)cc12)N(C)CCOCC1CC1. The molecule has 142 valence electrons. The smallest absolute Gasteiger partial charge is 0.193 e. The van der Waals surface area contributed by atoms with Gasteiger partial charge in [-0.2, -0.15) is 0 Å². The number of guanidine groups is 1. The van der Waals surface area contributed by atoms with Gasteiger partial charge in [-0.15, -0.1) is 0 Å². The van der Waals surface area contributed by atoms with Gasteiger partial charge in [0.1, 0.15) is 5.82 Å². The number of nitrogens with zero attached hydrogens (tertiary/aromatic N) is 2. The molecule has 1 aromatic heterocycles. The standard InChI is InChI=1S/C20H29FN4O/c1-3-22-20(25(2)10-11-26-14-15-4-5-15)23-9-8-16-13-24-19-7-6-17(21)12-18(16)19/h6-7,12-13,15,24H,3-5,8-11,14H2,1-2H3,(H,22,23). The lowest BCUT2D eigenvalue weighted by Crippen LogP contribution is -2.40. The van der Waals surface area contributed by atoms with Gasteiger partial charge in [-0.05, 0) is 55.9 Å². The van der Waals surface area contributed by atoms with E-state index in [4.69, 9.17) is 9.73 Å². The third-order valence-corrected chi connectivity index (χ3v) is 4.69. The minimum atomic E-state index is -0.207. The van der Waals surface area contributed by atoms with E-state index in [1.165, 1.54) is 18.9 Å². The van der Waals surface area contributed by atoms with Crippen molar-refractivity contribution in [3.63, 3.8) is 0 Å². The van der Waals surface area contributed by atoms with Crippen LogP contribution < -0.4 is 5.32 Å². The van der Waals surface area contributed by atoms with Crippen molar-refractivity contribution in [2.75, 3.05) is 39.9 Å². The summed E-state index contributed by atoms with van der Waals surface area (Å²) in [5.74, 6) is 1.47. The Kier molecular flexibility index (Phi) is 6.50. The summed E-state index contributed by atoms with van der Waals surface area (Å²) in [4.78, 5) is 10.0. The molecule has 0 radical (unpaired) electrons. The van der Waals surface area contributed by atoms with Crippen LogP contribution in [0.3, 0.4) is 0 Å². The number of aromatic nitrogens is 1. The second-order valence-electron chi connectivity index (χ2n) is 6.93. The maximum Gasteiger partial charge on any atom is 0.193 e. The molecule has 0 amide bonds. The minimum absolute atomic E-state index is 0.207. The van der Waals surface area contributed by atoms with Crippen LogP contribution in [0.4, 0.5) is 4.39 Å². The summed E-state index contributed by atoms with van der Waals surface area (Å²) in [5.41, 5.74) is 2.05. The van der Waals surface area contributed by atoms with Crippen LogP contribution in [0.2, 0.25) is 0 Å². The summed E-state index contributed by atoms with van der Waals surface area (Å²) in [6, 6.07) is 4.83. The second-order valence-corrected chi connectivity index (χ2v) is 6.93. The van der Waals surface area contributed by atoms with Crippen molar-refractivity contribution in [2.24, 2.45) is 10.9 Å². The molecule has 2 aromatic rings. The molecule has 0 aliphatic heterocycles. The first-order valence-corrected chi connectivity index (χ1v) is 9.50. The van der Waals surface area contributed by atoms with Crippen LogP contribution in [0, 0.1) is 11.7 Å². The molecule has 0 saturated heterocycles. The molecule has 26 heavy (non-hydrogen) atoms. The first-order chi connectivity index (χ1) is 12.7. The topological polar surface area (TPSA) is 52.7 Å². The molecule has 1 heterocycles. The van der Waals surface area contributed by atoms with Gasteiger partial charge in [0.25, 0.3) is 0 Å². The van der Waals surface area contributed by atoms with Crippen LogP contribution in [0.5, 0.6) is 0 Å². The molecule has 0 unspecified atom stereocenters. The monoisotopic (exact) mass is 360 g/mol. The average molecular weight is 360 g/mol. The van der Waals surface area contributed by atoms with Gasteiger partial charge in [-0.1, -0.05) is 0 Å². The third kappa shape index (κ3) is 5.21. The predicted molar refractivity (Wildman–Crippen MR) is 104 cm³/mol. The highest BCUT2D eigenvalue weighted by Gasteiger charge is 2.21. The average Bonchev–Trinajstić information content (AvgIpc) is 3.38. The summed E-state index contributed by atoms with van der Waals surface area (Å²) in [7, 11) is 2.03. The summed E-state index contributed by atoms with van der Waals surface area (Å²) >= 11 is 0.